The SMILES string of the molecule is C=Cc1ccc(CCOCCc2ccc(C=C)cc2)cc1. The van der Waals surface area contributed by atoms with Crippen LogP contribution in [0.1, 0.15) is 22.3 Å². The Morgan fingerprint density at radius 1 is 0.667 bits per heavy atom. The molecule has 0 heterocycles. The van der Waals surface area contributed by atoms with Gasteiger partial charge in [0.2, 0.25) is 0 Å². The Kier molecular flexibility index (Phi) is 5.99. The Morgan fingerprint density at radius 2 is 1.05 bits per heavy atom. The highest BCUT2D eigenvalue weighted by molar-refractivity contribution is 5.47. The van der Waals surface area contributed by atoms with Crippen molar-refractivity contribution >= 4 is 12.2 Å². The lowest BCUT2D eigenvalue weighted by molar-refractivity contribution is 0.140. The van der Waals surface area contributed by atoms with Gasteiger partial charge in [-0.25, -0.2) is 0 Å². The highest BCUT2D eigenvalue weighted by atomic mass is 16.5. The van der Waals surface area contributed by atoms with E-state index in [-0.39, 0.29) is 0 Å². The van der Waals surface area contributed by atoms with Crippen LogP contribution in [0.15, 0.2) is 61.7 Å². The summed E-state index contributed by atoms with van der Waals surface area (Å²) in [5.41, 5.74) is 4.91. The quantitative estimate of drug-likeness (QED) is 0.632. The van der Waals surface area contributed by atoms with Gasteiger partial charge in [0.1, 0.15) is 0 Å². The molecule has 0 saturated heterocycles. The van der Waals surface area contributed by atoms with Crippen molar-refractivity contribution in [2.75, 3.05) is 13.2 Å². The summed E-state index contributed by atoms with van der Waals surface area (Å²) in [5, 5.41) is 0. The van der Waals surface area contributed by atoms with Crippen molar-refractivity contribution in [3.05, 3.63) is 83.9 Å². The van der Waals surface area contributed by atoms with E-state index in [0.29, 0.717) is 0 Å². The van der Waals surface area contributed by atoms with Crippen molar-refractivity contribution in [1.29, 1.82) is 0 Å². The maximum Gasteiger partial charge on any atom is 0.0506 e. The second-order valence-electron chi connectivity index (χ2n) is 5.00. The van der Waals surface area contributed by atoms with Crippen LogP contribution in [0.3, 0.4) is 0 Å². The lowest BCUT2D eigenvalue weighted by atomic mass is 10.1. The second-order valence-corrected chi connectivity index (χ2v) is 5.00. The summed E-state index contributed by atoms with van der Waals surface area (Å²) in [6.07, 6.45) is 5.62. The zero-order chi connectivity index (χ0) is 14.9. The van der Waals surface area contributed by atoms with Crippen LogP contribution in [-0.4, -0.2) is 13.2 Å². The Balaban J connectivity index is 1.66. The summed E-state index contributed by atoms with van der Waals surface area (Å²) in [5.74, 6) is 0. The van der Waals surface area contributed by atoms with Crippen molar-refractivity contribution < 1.29 is 4.74 Å². The molecule has 0 atom stereocenters. The topological polar surface area (TPSA) is 9.23 Å². The smallest absolute Gasteiger partial charge is 0.0506 e. The van der Waals surface area contributed by atoms with Crippen molar-refractivity contribution in [2.24, 2.45) is 0 Å². The van der Waals surface area contributed by atoms with Gasteiger partial charge in [0, 0.05) is 0 Å². The van der Waals surface area contributed by atoms with Crippen molar-refractivity contribution in [3.63, 3.8) is 0 Å². The molecule has 0 aliphatic carbocycles. The van der Waals surface area contributed by atoms with E-state index in [1.54, 1.807) is 0 Å². The minimum absolute atomic E-state index is 0.762. The van der Waals surface area contributed by atoms with Crippen LogP contribution in [0, 0.1) is 0 Å². The number of rotatable bonds is 8. The van der Waals surface area contributed by atoms with Gasteiger partial charge in [-0.2, -0.15) is 0 Å². The lowest BCUT2D eigenvalue weighted by Crippen LogP contribution is -2.02. The molecule has 0 aromatic heterocycles. The van der Waals surface area contributed by atoms with Gasteiger partial charge in [-0.1, -0.05) is 73.8 Å². The molecule has 0 spiro atoms. The van der Waals surface area contributed by atoms with Crippen LogP contribution in [-0.2, 0) is 17.6 Å². The van der Waals surface area contributed by atoms with Crippen molar-refractivity contribution in [3.8, 4) is 0 Å². The fourth-order valence-electron chi connectivity index (χ4n) is 2.12. The molecule has 21 heavy (non-hydrogen) atoms. The van der Waals surface area contributed by atoms with Gasteiger partial charge in [-0.3, -0.25) is 0 Å². The molecule has 2 aromatic rings. The predicted molar refractivity (Wildman–Crippen MR) is 91.3 cm³/mol. The lowest BCUT2D eigenvalue weighted by Gasteiger charge is -2.05. The summed E-state index contributed by atoms with van der Waals surface area (Å²) in [7, 11) is 0. The molecule has 2 rings (SSSR count). The Morgan fingerprint density at radius 3 is 1.38 bits per heavy atom. The average Bonchev–Trinajstić information content (AvgIpc) is 2.55. The summed E-state index contributed by atoms with van der Waals surface area (Å²) in [6.45, 7) is 9.04. The van der Waals surface area contributed by atoms with E-state index in [0.717, 1.165) is 37.2 Å². The van der Waals surface area contributed by atoms with Crippen LogP contribution in [0.2, 0.25) is 0 Å². The van der Waals surface area contributed by atoms with E-state index < -0.39 is 0 Å². The molecule has 0 bridgehead atoms. The van der Waals surface area contributed by atoms with Crippen molar-refractivity contribution in [1.82, 2.24) is 0 Å². The molecule has 0 fully saturated rings. The standard InChI is InChI=1S/C20H22O/c1-3-17-5-9-19(10-6-17)13-15-21-16-14-20-11-7-18(4-2)8-12-20/h3-12H,1-2,13-16H2. The zero-order valence-corrected chi connectivity index (χ0v) is 12.4. The zero-order valence-electron chi connectivity index (χ0n) is 12.4. The number of ether oxygens (including phenoxy) is 1. The highest BCUT2D eigenvalue weighted by Gasteiger charge is 1.96. The van der Waals surface area contributed by atoms with Gasteiger partial charge in [0.15, 0.2) is 0 Å². The summed E-state index contributed by atoms with van der Waals surface area (Å²) < 4.78 is 5.71. The van der Waals surface area contributed by atoms with Gasteiger partial charge in [0.05, 0.1) is 13.2 Å². The van der Waals surface area contributed by atoms with E-state index in [4.69, 9.17) is 4.74 Å². The third-order valence-electron chi connectivity index (χ3n) is 3.50. The fraction of sp³-hybridized carbons (Fsp3) is 0.200. The number of benzene rings is 2. The first-order chi connectivity index (χ1) is 10.3. The molecule has 0 N–H and O–H groups in total. The van der Waals surface area contributed by atoms with Gasteiger partial charge >= 0.3 is 0 Å². The summed E-state index contributed by atoms with van der Waals surface area (Å²) in [6, 6.07) is 16.9. The minimum atomic E-state index is 0.762. The second kappa shape index (κ2) is 8.23. The summed E-state index contributed by atoms with van der Waals surface area (Å²) in [4.78, 5) is 0. The molecule has 0 aliphatic heterocycles. The molecule has 1 nitrogen and oxygen atoms in total. The summed E-state index contributed by atoms with van der Waals surface area (Å²) >= 11 is 0. The Labute approximate surface area is 127 Å². The van der Waals surface area contributed by atoms with E-state index in [1.165, 1.54) is 11.1 Å². The third kappa shape index (κ3) is 5.05. The maximum atomic E-state index is 5.71. The van der Waals surface area contributed by atoms with Crippen molar-refractivity contribution in [2.45, 2.75) is 12.8 Å². The molecule has 0 unspecified atom stereocenters. The molecule has 0 amide bonds. The molecule has 0 saturated carbocycles. The van der Waals surface area contributed by atoms with E-state index in [1.807, 2.05) is 12.2 Å². The van der Waals surface area contributed by atoms with Gasteiger partial charge in [-0.05, 0) is 35.1 Å². The molecule has 0 radical (unpaired) electrons. The van der Waals surface area contributed by atoms with Crippen LogP contribution >= 0.6 is 0 Å². The van der Waals surface area contributed by atoms with Gasteiger partial charge in [0.25, 0.3) is 0 Å². The van der Waals surface area contributed by atoms with Gasteiger partial charge in [-0.15, -0.1) is 0 Å². The monoisotopic (exact) mass is 278 g/mol. The largest absolute Gasteiger partial charge is 0.381 e. The third-order valence-corrected chi connectivity index (χ3v) is 3.50. The molecule has 2 aromatic carbocycles. The molecular weight excluding hydrogens is 256 g/mol. The maximum absolute atomic E-state index is 5.71. The normalized spacial score (nSPS) is 10.3. The predicted octanol–water partition coefficient (Wildman–Crippen LogP) is 4.77. The molecular formula is C20H22O. The fourth-order valence-corrected chi connectivity index (χ4v) is 2.12. The number of hydrogen-bond donors (Lipinski definition) is 0. The van der Waals surface area contributed by atoms with Crippen LogP contribution in [0.4, 0.5) is 0 Å². The van der Waals surface area contributed by atoms with E-state index in [2.05, 4.69) is 61.7 Å². The first-order valence-corrected chi connectivity index (χ1v) is 7.32. The van der Waals surface area contributed by atoms with Crippen LogP contribution in [0.5, 0.6) is 0 Å². The molecule has 1 heteroatoms. The average molecular weight is 278 g/mol. The minimum Gasteiger partial charge on any atom is -0.381 e. The van der Waals surface area contributed by atoms with Gasteiger partial charge < -0.3 is 4.74 Å². The molecule has 0 aliphatic rings. The number of hydrogen-bond acceptors (Lipinski definition) is 1. The molecule has 108 valence electrons. The van der Waals surface area contributed by atoms with E-state index >= 15 is 0 Å². The van der Waals surface area contributed by atoms with Crippen LogP contribution < -0.4 is 0 Å². The first-order valence-electron chi connectivity index (χ1n) is 7.32. The highest BCUT2D eigenvalue weighted by Crippen LogP contribution is 2.08. The Bertz CT molecular complexity index is 510. The first kappa shape index (κ1) is 15.3. The Hall–Kier alpha value is -2.12. The van der Waals surface area contributed by atoms with Crippen LogP contribution in [0.25, 0.3) is 12.2 Å². The van der Waals surface area contributed by atoms with E-state index in [9.17, 15) is 0 Å².